The van der Waals surface area contributed by atoms with Crippen LogP contribution < -0.4 is 10.2 Å². The fraction of sp³-hybridized carbons (Fsp3) is 0.231. The van der Waals surface area contributed by atoms with Crippen LogP contribution in [0.5, 0.6) is 0 Å². The van der Waals surface area contributed by atoms with E-state index < -0.39 is 0 Å². The number of hydrogen-bond donors (Lipinski definition) is 1. The van der Waals surface area contributed by atoms with Gasteiger partial charge in [0, 0.05) is 16.8 Å². The Bertz CT molecular complexity index is 992. The molecule has 0 radical (unpaired) electrons. The molecular formula is C26H28N2O2. The van der Waals surface area contributed by atoms with Gasteiger partial charge in [-0.1, -0.05) is 66.7 Å². The number of anilines is 1. The lowest BCUT2D eigenvalue weighted by Gasteiger charge is -2.27. The van der Waals surface area contributed by atoms with Crippen molar-refractivity contribution in [3.63, 3.8) is 0 Å². The SMILES string of the molecule is CC(C)(C)NC(=O)CN(C(=O)c1ccccc1)c1ccccc1Cc1ccccc1. The predicted octanol–water partition coefficient (Wildman–Crippen LogP) is 4.84. The number of nitrogens with one attached hydrogen (secondary N) is 1. The third-order valence-corrected chi connectivity index (χ3v) is 4.60. The van der Waals surface area contributed by atoms with E-state index >= 15 is 0 Å². The summed E-state index contributed by atoms with van der Waals surface area (Å²) in [4.78, 5) is 27.7. The summed E-state index contributed by atoms with van der Waals surface area (Å²) < 4.78 is 0. The number of rotatable bonds is 6. The Labute approximate surface area is 178 Å². The minimum Gasteiger partial charge on any atom is -0.350 e. The maximum absolute atomic E-state index is 13.4. The van der Waals surface area contributed by atoms with Gasteiger partial charge in [-0.25, -0.2) is 0 Å². The van der Waals surface area contributed by atoms with Crippen molar-refractivity contribution >= 4 is 17.5 Å². The molecule has 0 aliphatic carbocycles. The molecule has 0 unspecified atom stereocenters. The number of carbonyl (C=O) groups is 2. The Morgan fingerprint density at radius 3 is 2.00 bits per heavy atom. The number of carbonyl (C=O) groups excluding carboxylic acids is 2. The van der Waals surface area contributed by atoms with Crippen LogP contribution in [0.1, 0.15) is 42.3 Å². The molecule has 0 heterocycles. The highest BCUT2D eigenvalue weighted by atomic mass is 16.2. The van der Waals surface area contributed by atoms with Gasteiger partial charge in [0.2, 0.25) is 5.91 Å². The molecule has 0 aromatic heterocycles. The van der Waals surface area contributed by atoms with E-state index in [-0.39, 0.29) is 23.9 Å². The zero-order chi connectivity index (χ0) is 21.6. The van der Waals surface area contributed by atoms with E-state index in [1.807, 2.05) is 81.4 Å². The van der Waals surface area contributed by atoms with Gasteiger partial charge in [-0.3, -0.25) is 14.5 Å². The third-order valence-electron chi connectivity index (χ3n) is 4.60. The molecule has 3 aromatic carbocycles. The zero-order valence-electron chi connectivity index (χ0n) is 17.8. The van der Waals surface area contributed by atoms with Gasteiger partial charge in [-0.15, -0.1) is 0 Å². The molecular weight excluding hydrogens is 372 g/mol. The average molecular weight is 401 g/mol. The highest BCUT2D eigenvalue weighted by molar-refractivity contribution is 6.09. The summed E-state index contributed by atoms with van der Waals surface area (Å²) in [5.41, 5.74) is 3.07. The highest BCUT2D eigenvalue weighted by Crippen LogP contribution is 2.25. The van der Waals surface area contributed by atoms with Crippen molar-refractivity contribution in [2.24, 2.45) is 0 Å². The van der Waals surface area contributed by atoms with E-state index in [1.165, 1.54) is 0 Å². The van der Waals surface area contributed by atoms with Crippen LogP contribution in [-0.4, -0.2) is 23.9 Å². The van der Waals surface area contributed by atoms with Crippen LogP contribution in [0.3, 0.4) is 0 Å². The second kappa shape index (κ2) is 9.40. The second-order valence-corrected chi connectivity index (χ2v) is 8.35. The molecule has 3 aromatic rings. The summed E-state index contributed by atoms with van der Waals surface area (Å²) in [5, 5.41) is 2.96. The van der Waals surface area contributed by atoms with Gasteiger partial charge < -0.3 is 5.32 Å². The molecule has 0 saturated carbocycles. The summed E-state index contributed by atoms with van der Waals surface area (Å²) in [7, 11) is 0. The van der Waals surface area contributed by atoms with Gasteiger partial charge in [-0.2, -0.15) is 0 Å². The number of benzene rings is 3. The predicted molar refractivity (Wildman–Crippen MR) is 122 cm³/mol. The molecule has 0 aliphatic heterocycles. The van der Waals surface area contributed by atoms with Crippen LogP contribution >= 0.6 is 0 Å². The van der Waals surface area contributed by atoms with Gasteiger partial charge in [0.05, 0.1) is 0 Å². The maximum atomic E-state index is 13.4. The van der Waals surface area contributed by atoms with Gasteiger partial charge in [0.25, 0.3) is 5.91 Å². The van der Waals surface area contributed by atoms with Crippen molar-refractivity contribution in [3.8, 4) is 0 Å². The lowest BCUT2D eigenvalue weighted by atomic mass is 10.0. The average Bonchev–Trinajstić information content (AvgIpc) is 2.72. The van der Waals surface area contributed by atoms with E-state index in [9.17, 15) is 9.59 Å². The summed E-state index contributed by atoms with van der Waals surface area (Å²) in [5.74, 6) is -0.388. The number of nitrogens with zero attached hydrogens (tertiary/aromatic N) is 1. The summed E-state index contributed by atoms with van der Waals surface area (Å²) in [6.45, 7) is 5.74. The molecule has 154 valence electrons. The van der Waals surface area contributed by atoms with Gasteiger partial charge in [-0.05, 0) is 56.5 Å². The van der Waals surface area contributed by atoms with Gasteiger partial charge in [0.15, 0.2) is 0 Å². The molecule has 4 nitrogen and oxygen atoms in total. The Morgan fingerprint density at radius 2 is 1.37 bits per heavy atom. The molecule has 0 spiro atoms. The Kier molecular flexibility index (Phi) is 6.68. The first kappa shape index (κ1) is 21.3. The molecule has 4 heteroatoms. The van der Waals surface area contributed by atoms with Crippen LogP contribution in [0.15, 0.2) is 84.9 Å². The van der Waals surface area contributed by atoms with Crippen molar-refractivity contribution in [3.05, 3.63) is 102 Å². The number of hydrogen-bond acceptors (Lipinski definition) is 2. The zero-order valence-corrected chi connectivity index (χ0v) is 17.8. The van der Waals surface area contributed by atoms with Crippen molar-refractivity contribution in [2.45, 2.75) is 32.7 Å². The summed E-state index contributed by atoms with van der Waals surface area (Å²) in [6.07, 6.45) is 0.677. The molecule has 0 bridgehead atoms. The quantitative estimate of drug-likeness (QED) is 0.644. The molecule has 2 amide bonds. The first-order valence-corrected chi connectivity index (χ1v) is 10.1. The van der Waals surface area contributed by atoms with E-state index in [4.69, 9.17) is 0 Å². The molecule has 0 aliphatic rings. The Balaban J connectivity index is 1.97. The second-order valence-electron chi connectivity index (χ2n) is 8.35. The molecule has 0 fully saturated rings. The number of para-hydroxylation sites is 1. The summed E-state index contributed by atoms with van der Waals surface area (Å²) >= 11 is 0. The lowest BCUT2D eigenvalue weighted by molar-refractivity contribution is -0.121. The fourth-order valence-electron chi connectivity index (χ4n) is 3.34. The molecule has 3 rings (SSSR count). The van der Waals surface area contributed by atoms with Crippen LogP contribution in [-0.2, 0) is 11.2 Å². The van der Waals surface area contributed by atoms with Crippen molar-refractivity contribution in [1.82, 2.24) is 5.32 Å². The van der Waals surface area contributed by atoms with Gasteiger partial charge in [0.1, 0.15) is 6.54 Å². The molecule has 0 saturated heterocycles. The molecule has 1 N–H and O–H groups in total. The highest BCUT2D eigenvalue weighted by Gasteiger charge is 2.24. The number of amides is 2. The monoisotopic (exact) mass is 400 g/mol. The molecule has 0 atom stereocenters. The largest absolute Gasteiger partial charge is 0.350 e. The van der Waals surface area contributed by atoms with E-state index in [1.54, 1.807) is 17.0 Å². The minimum atomic E-state index is -0.373. The topological polar surface area (TPSA) is 49.4 Å². The van der Waals surface area contributed by atoms with Crippen LogP contribution in [0.25, 0.3) is 0 Å². The van der Waals surface area contributed by atoms with Crippen molar-refractivity contribution < 1.29 is 9.59 Å². The van der Waals surface area contributed by atoms with Crippen molar-refractivity contribution in [1.29, 1.82) is 0 Å². The fourth-order valence-corrected chi connectivity index (χ4v) is 3.34. The third kappa shape index (κ3) is 5.80. The minimum absolute atomic E-state index is 0.0448. The first-order valence-electron chi connectivity index (χ1n) is 10.1. The standard InChI is InChI=1S/C26H28N2O2/c1-26(2,3)27-24(29)19-28(25(30)21-14-8-5-9-15-21)23-17-11-10-16-22(23)18-20-12-6-4-7-13-20/h4-17H,18-19H2,1-3H3,(H,27,29). The van der Waals surface area contributed by atoms with E-state index in [2.05, 4.69) is 17.4 Å². The Hall–Kier alpha value is -3.40. The normalized spacial score (nSPS) is 11.0. The van der Waals surface area contributed by atoms with E-state index in [0.717, 1.165) is 16.8 Å². The Morgan fingerprint density at radius 1 is 0.800 bits per heavy atom. The first-order chi connectivity index (χ1) is 14.3. The molecule has 30 heavy (non-hydrogen) atoms. The van der Waals surface area contributed by atoms with Crippen LogP contribution in [0.4, 0.5) is 5.69 Å². The van der Waals surface area contributed by atoms with Crippen LogP contribution in [0.2, 0.25) is 0 Å². The lowest BCUT2D eigenvalue weighted by Crippen LogP contribution is -2.47. The van der Waals surface area contributed by atoms with Gasteiger partial charge >= 0.3 is 0 Å². The van der Waals surface area contributed by atoms with E-state index in [0.29, 0.717) is 12.0 Å². The smallest absolute Gasteiger partial charge is 0.258 e. The van der Waals surface area contributed by atoms with Crippen molar-refractivity contribution in [2.75, 3.05) is 11.4 Å². The summed E-state index contributed by atoms with van der Waals surface area (Å²) in [6, 6.07) is 27.0. The van der Waals surface area contributed by atoms with Crippen LogP contribution in [0, 0.1) is 0 Å². The maximum Gasteiger partial charge on any atom is 0.258 e.